The number of halogens is 1. The molecule has 0 rings (SSSR count). The molecule has 0 spiro atoms. The van der Waals surface area contributed by atoms with Gasteiger partial charge in [-0.15, -0.1) is 0 Å². The fourth-order valence-electron chi connectivity index (χ4n) is 4.39. The molecule has 0 aromatic carbocycles. The van der Waals surface area contributed by atoms with Crippen molar-refractivity contribution >= 4 is 22.6 Å². The van der Waals surface area contributed by atoms with Crippen LogP contribution in [0.1, 0.15) is 131 Å². The normalized spacial score (nSPS) is 15.3. The number of hydrogen-bond acceptors (Lipinski definition) is 0. The minimum Gasteiger partial charge on any atom is -0.0861 e. The van der Waals surface area contributed by atoms with Gasteiger partial charge in [-0.2, -0.15) is 0 Å². The standard InChI is InChI=1S/C25H51I/c1-6-10-12-13-14-16-25(21-26)24(15-11-7-2)20-18-22(5)17-19-23(8-3)9-4/h22-25H,6-21H2,1-5H3/t22-,24?,25-/m0/s1. The van der Waals surface area contributed by atoms with Crippen molar-refractivity contribution < 1.29 is 0 Å². The third-order valence-corrected chi connectivity index (χ3v) is 7.86. The summed E-state index contributed by atoms with van der Waals surface area (Å²) in [6.07, 6.45) is 21.6. The van der Waals surface area contributed by atoms with Gasteiger partial charge in [-0.3, -0.25) is 0 Å². The summed E-state index contributed by atoms with van der Waals surface area (Å²) in [6.45, 7) is 11.9. The highest BCUT2D eigenvalue weighted by atomic mass is 127. The van der Waals surface area contributed by atoms with E-state index < -0.39 is 0 Å². The maximum absolute atomic E-state index is 2.68. The molecule has 1 unspecified atom stereocenters. The minimum atomic E-state index is 0.930. The van der Waals surface area contributed by atoms with Gasteiger partial charge in [0.1, 0.15) is 0 Å². The number of unbranched alkanes of at least 4 members (excludes halogenated alkanes) is 5. The van der Waals surface area contributed by atoms with Gasteiger partial charge in [0, 0.05) is 4.43 Å². The van der Waals surface area contributed by atoms with Crippen LogP contribution in [0.3, 0.4) is 0 Å². The van der Waals surface area contributed by atoms with E-state index in [1.807, 2.05) is 0 Å². The molecule has 158 valence electrons. The summed E-state index contributed by atoms with van der Waals surface area (Å²) in [6, 6.07) is 0. The van der Waals surface area contributed by atoms with Crippen LogP contribution in [0.2, 0.25) is 0 Å². The van der Waals surface area contributed by atoms with Crippen molar-refractivity contribution in [3.8, 4) is 0 Å². The SMILES string of the molecule is CCCCCCC[C@@H](CI)C(CCCC)CC[C@@H](C)CCC(CC)CC. The summed E-state index contributed by atoms with van der Waals surface area (Å²) in [5, 5.41) is 0. The van der Waals surface area contributed by atoms with Crippen molar-refractivity contribution in [3.05, 3.63) is 0 Å². The number of hydrogen-bond donors (Lipinski definition) is 0. The fourth-order valence-corrected chi connectivity index (χ4v) is 5.55. The molecule has 0 heterocycles. The zero-order valence-corrected chi connectivity index (χ0v) is 21.2. The highest BCUT2D eigenvalue weighted by Crippen LogP contribution is 2.32. The Morgan fingerprint density at radius 2 is 1.15 bits per heavy atom. The molecule has 0 N–H and O–H groups in total. The lowest BCUT2D eigenvalue weighted by Gasteiger charge is -2.27. The predicted molar refractivity (Wildman–Crippen MR) is 130 cm³/mol. The predicted octanol–water partition coefficient (Wildman–Crippen LogP) is 9.84. The molecule has 0 radical (unpaired) electrons. The Morgan fingerprint density at radius 3 is 1.73 bits per heavy atom. The third-order valence-electron chi connectivity index (χ3n) is 6.72. The Bertz CT molecular complexity index is 271. The molecule has 0 bridgehead atoms. The van der Waals surface area contributed by atoms with E-state index >= 15 is 0 Å². The topological polar surface area (TPSA) is 0 Å². The first-order valence-electron chi connectivity index (χ1n) is 12.2. The summed E-state index contributed by atoms with van der Waals surface area (Å²) in [7, 11) is 0. The molecule has 3 atom stereocenters. The van der Waals surface area contributed by atoms with Gasteiger partial charge in [0.2, 0.25) is 0 Å². The van der Waals surface area contributed by atoms with Gasteiger partial charge in [-0.05, 0) is 36.5 Å². The van der Waals surface area contributed by atoms with Crippen LogP contribution in [0.15, 0.2) is 0 Å². The van der Waals surface area contributed by atoms with Gasteiger partial charge < -0.3 is 0 Å². The van der Waals surface area contributed by atoms with E-state index in [0.29, 0.717) is 0 Å². The van der Waals surface area contributed by atoms with Gasteiger partial charge >= 0.3 is 0 Å². The summed E-state index contributed by atoms with van der Waals surface area (Å²) in [4.78, 5) is 0. The Kier molecular flexibility index (Phi) is 19.6. The second-order valence-electron chi connectivity index (χ2n) is 8.96. The van der Waals surface area contributed by atoms with Crippen LogP contribution < -0.4 is 0 Å². The van der Waals surface area contributed by atoms with Crippen molar-refractivity contribution in [1.82, 2.24) is 0 Å². The van der Waals surface area contributed by atoms with Crippen molar-refractivity contribution in [2.24, 2.45) is 23.7 Å². The van der Waals surface area contributed by atoms with Crippen LogP contribution in [0.5, 0.6) is 0 Å². The lowest BCUT2D eigenvalue weighted by molar-refractivity contribution is 0.264. The second-order valence-corrected chi connectivity index (χ2v) is 9.84. The molecule has 1 heteroatoms. The monoisotopic (exact) mass is 478 g/mol. The summed E-state index contributed by atoms with van der Waals surface area (Å²) in [5.41, 5.74) is 0. The average Bonchev–Trinajstić information content (AvgIpc) is 2.66. The van der Waals surface area contributed by atoms with E-state index in [1.54, 1.807) is 0 Å². The maximum Gasteiger partial charge on any atom is 0.00263 e. The second kappa shape index (κ2) is 19.1. The molecule has 0 aromatic heterocycles. The lowest BCUT2D eigenvalue weighted by Crippen LogP contribution is -2.18. The lowest BCUT2D eigenvalue weighted by atomic mass is 9.80. The summed E-state index contributed by atoms with van der Waals surface area (Å²) >= 11 is 2.68. The van der Waals surface area contributed by atoms with Crippen LogP contribution >= 0.6 is 22.6 Å². The minimum absolute atomic E-state index is 0.930. The molecular formula is C25H51I. The van der Waals surface area contributed by atoms with Crippen LogP contribution in [-0.2, 0) is 0 Å². The van der Waals surface area contributed by atoms with E-state index in [0.717, 1.165) is 23.7 Å². The maximum atomic E-state index is 2.68. The first-order chi connectivity index (χ1) is 12.6. The molecule has 26 heavy (non-hydrogen) atoms. The van der Waals surface area contributed by atoms with E-state index in [1.165, 1.54) is 101 Å². The van der Waals surface area contributed by atoms with E-state index in [2.05, 4.69) is 57.2 Å². The molecule has 0 saturated heterocycles. The summed E-state index contributed by atoms with van der Waals surface area (Å²) in [5.74, 6) is 3.88. The van der Waals surface area contributed by atoms with E-state index in [4.69, 9.17) is 0 Å². The third kappa shape index (κ3) is 13.8. The summed E-state index contributed by atoms with van der Waals surface area (Å²) < 4.78 is 1.38. The van der Waals surface area contributed by atoms with Crippen molar-refractivity contribution in [1.29, 1.82) is 0 Å². The van der Waals surface area contributed by atoms with Crippen molar-refractivity contribution in [2.75, 3.05) is 4.43 Å². The van der Waals surface area contributed by atoms with Gasteiger partial charge in [0.05, 0.1) is 0 Å². The van der Waals surface area contributed by atoms with Crippen molar-refractivity contribution in [3.63, 3.8) is 0 Å². The van der Waals surface area contributed by atoms with E-state index in [9.17, 15) is 0 Å². The number of alkyl halides is 1. The smallest absolute Gasteiger partial charge is 0.00263 e. The Balaban J connectivity index is 4.32. The van der Waals surface area contributed by atoms with Gasteiger partial charge in [0.25, 0.3) is 0 Å². The van der Waals surface area contributed by atoms with Crippen LogP contribution in [-0.4, -0.2) is 4.43 Å². The Labute approximate surface area is 181 Å². The fraction of sp³-hybridized carbons (Fsp3) is 1.00. The Hall–Kier alpha value is 0.730. The molecule has 0 amide bonds. The zero-order valence-electron chi connectivity index (χ0n) is 19.0. The highest BCUT2D eigenvalue weighted by molar-refractivity contribution is 14.1. The van der Waals surface area contributed by atoms with Gasteiger partial charge in [-0.25, -0.2) is 0 Å². The molecule has 0 nitrogen and oxygen atoms in total. The van der Waals surface area contributed by atoms with Crippen molar-refractivity contribution in [2.45, 2.75) is 131 Å². The molecule has 0 aliphatic rings. The first kappa shape index (κ1) is 26.7. The quantitative estimate of drug-likeness (QED) is 0.0984. The zero-order chi connectivity index (χ0) is 19.6. The van der Waals surface area contributed by atoms with Crippen LogP contribution in [0, 0.1) is 23.7 Å². The molecule has 0 aromatic rings. The van der Waals surface area contributed by atoms with Gasteiger partial charge in [0.15, 0.2) is 0 Å². The Morgan fingerprint density at radius 1 is 0.577 bits per heavy atom. The largest absolute Gasteiger partial charge is 0.0861 e. The van der Waals surface area contributed by atoms with Crippen LogP contribution in [0.25, 0.3) is 0 Å². The molecule has 0 aliphatic carbocycles. The average molecular weight is 479 g/mol. The van der Waals surface area contributed by atoms with E-state index in [-0.39, 0.29) is 0 Å². The molecule has 0 fully saturated rings. The van der Waals surface area contributed by atoms with Gasteiger partial charge in [-0.1, -0.05) is 141 Å². The molecular weight excluding hydrogens is 427 g/mol. The first-order valence-corrected chi connectivity index (χ1v) is 13.7. The van der Waals surface area contributed by atoms with Crippen LogP contribution in [0.4, 0.5) is 0 Å². The highest BCUT2D eigenvalue weighted by Gasteiger charge is 2.21. The molecule has 0 aliphatic heterocycles. The number of rotatable bonds is 19. The molecule has 0 saturated carbocycles.